The maximum Gasteiger partial charge on any atom is 0.141 e. The van der Waals surface area contributed by atoms with E-state index in [4.69, 9.17) is 23.2 Å². The maximum atomic E-state index is 13.1. The lowest BCUT2D eigenvalue weighted by Crippen LogP contribution is -2.08. The Hall–Kier alpha value is -1.32. The van der Waals surface area contributed by atoms with Crippen molar-refractivity contribution >= 4 is 29.0 Å². The van der Waals surface area contributed by atoms with Gasteiger partial charge in [-0.15, -0.1) is 0 Å². The summed E-state index contributed by atoms with van der Waals surface area (Å²) >= 11 is 11.5. The van der Waals surface area contributed by atoms with E-state index in [0.717, 1.165) is 5.56 Å². The van der Waals surface area contributed by atoms with E-state index in [1.807, 2.05) is 19.1 Å². The number of nitrogens with one attached hydrogen (secondary N) is 1. The first-order valence-corrected chi connectivity index (χ1v) is 6.16. The van der Waals surface area contributed by atoms with Gasteiger partial charge in [0, 0.05) is 6.04 Å². The molecule has 1 unspecified atom stereocenters. The van der Waals surface area contributed by atoms with Crippen molar-refractivity contribution in [2.45, 2.75) is 13.0 Å². The summed E-state index contributed by atoms with van der Waals surface area (Å²) in [6.45, 7) is 1.94. The van der Waals surface area contributed by atoms with Crippen molar-refractivity contribution in [2.24, 2.45) is 0 Å². The third-order valence-electron chi connectivity index (χ3n) is 2.52. The average Bonchev–Trinajstić information content (AvgIpc) is 2.32. The molecule has 0 amide bonds. The highest BCUT2D eigenvalue weighted by molar-refractivity contribution is 6.30. The molecule has 1 aromatic heterocycles. The highest BCUT2D eigenvalue weighted by Crippen LogP contribution is 2.23. The minimum Gasteiger partial charge on any atom is -0.364 e. The van der Waals surface area contributed by atoms with Gasteiger partial charge >= 0.3 is 0 Å². The van der Waals surface area contributed by atoms with Crippen molar-refractivity contribution in [1.82, 2.24) is 4.98 Å². The van der Waals surface area contributed by atoms with Gasteiger partial charge in [-0.25, -0.2) is 9.37 Å². The lowest BCUT2D eigenvalue weighted by Gasteiger charge is -2.15. The molecular weight excluding hydrogens is 274 g/mol. The number of pyridine rings is 1. The molecule has 0 aliphatic heterocycles. The van der Waals surface area contributed by atoms with Crippen LogP contribution in [0.2, 0.25) is 10.2 Å². The van der Waals surface area contributed by atoms with Crippen LogP contribution >= 0.6 is 23.2 Å². The first-order chi connectivity index (χ1) is 8.56. The van der Waals surface area contributed by atoms with Crippen molar-refractivity contribution in [1.29, 1.82) is 0 Å². The quantitative estimate of drug-likeness (QED) is 0.827. The van der Waals surface area contributed by atoms with E-state index in [1.165, 1.54) is 6.07 Å². The molecule has 0 saturated heterocycles. The number of halogens is 3. The molecule has 18 heavy (non-hydrogen) atoms. The van der Waals surface area contributed by atoms with Crippen molar-refractivity contribution in [3.63, 3.8) is 0 Å². The van der Waals surface area contributed by atoms with E-state index in [1.54, 1.807) is 18.2 Å². The zero-order valence-electron chi connectivity index (χ0n) is 9.62. The van der Waals surface area contributed by atoms with Gasteiger partial charge in [0.1, 0.15) is 16.8 Å². The first-order valence-electron chi connectivity index (χ1n) is 5.40. The smallest absolute Gasteiger partial charge is 0.141 e. The standard InChI is InChI=1S/C13H11Cl2FN2/c1-8(9-5-6-11(16)10(14)7-9)17-13-4-2-3-12(15)18-13/h2-8H,1H3,(H,17,18). The van der Waals surface area contributed by atoms with E-state index in [0.29, 0.717) is 11.0 Å². The molecule has 0 aliphatic carbocycles. The van der Waals surface area contributed by atoms with Gasteiger partial charge in [-0.05, 0) is 36.8 Å². The van der Waals surface area contributed by atoms with Gasteiger partial charge in [0.15, 0.2) is 0 Å². The Kier molecular flexibility index (Phi) is 4.04. The largest absolute Gasteiger partial charge is 0.364 e. The monoisotopic (exact) mass is 284 g/mol. The summed E-state index contributed by atoms with van der Waals surface area (Å²) in [5.41, 5.74) is 0.878. The minimum atomic E-state index is -0.423. The second kappa shape index (κ2) is 5.55. The topological polar surface area (TPSA) is 24.9 Å². The molecule has 5 heteroatoms. The predicted octanol–water partition coefficient (Wildman–Crippen LogP) is 4.70. The highest BCUT2D eigenvalue weighted by Gasteiger charge is 2.08. The number of anilines is 1. The minimum absolute atomic E-state index is 0.0472. The molecule has 0 spiro atoms. The fraction of sp³-hybridized carbons (Fsp3) is 0.154. The van der Waals surface area contributed by atoms with Crippen LogP contribution in [0.15, 0.2) is 36.4 Å². The number of rotatable bonds is 3. The molecule has 94 valence electrons. The Bertz CT molecular complexity index is 560. The number of hydrogen-bond donors (Lipinski definition) is 1. The molecule has 1 heterocycles. The predicted molar refractivity (Wildman–Crippen MR) is 72.7 cm³/mol. The third-order valence-corrected chi connectivity index (χ3v) is 3.02. The number of hydrogen-bond acceptors (Lipinski definition) is 2. The van der Waals surface area contributed by atoms with Gasteiger partial charge in [0.2, 0.25) is 0 Å². The molecule has 0 aliphatic rings. The molecule has 1 atom stereocenters. The van der Waals surface area contributed by atoms with Gasteiger partial charge in [0.05, 0.1) is 5.02 Å². The molecule has 0 fully saturated rings. The van der Waals surface area contributed by atoms with E-state index in [-0.39, 0.29) is 11.1 Å². The van der Waals surface area contributed by atoms with E-state index in [9.17, 15) is 4.39 Å². The summed E-state index contributed by atoms with van der Waals surface area (Å²) in [6, 6.07) is 9.90. The average molecular weight is 285 g/mol. The maximum absolute atomic E-state index is 13.1. The van der Waals surface area contributed by atoms with Gasteiger partial charge in [-0.1, -0.05) is 35.3 Å². The van der Waals surface area contributed by atoms with Crippen LogP contribution in [0.3, 0.4) is 0 Å². The summed E-state index contributed by atoms with van der Waals surface area (Å²) in [7, 11) is 0. The van der Waals surface area contributed by atoms with E-state index < -0.39 is 5.82 Å². The van der Waals surface area contributed by atoms with Crippen molar-refractivity contribution in [2.75, 3.05) is 5.32 Å². The number of benzene rings is 1. The second-order valence-electron chi connectivity index (χ2n) is 3.89. The van der Waals surface area contributed by atoms with Crippen molar-refractivity contribution in [3.05, 3.63) is 58.0 Å². The van der Waals surface area contributed by atoms with Crippen LogP contribution in [0, 0.1) is 5.82 Å². The van der Waals surface area contributed by atoms with Crippen molar-refractivity contribution < 1.29 is 4.39 Å². The van der Waals surface area contributed by atoms with Crippen LogP contribution in [-0.2, 0) is 0 Å². The molecular formula is C13H11Cl2FN2. The SMILES string of the molecule is CC(Nc1cccc(Cl)n1)c1ccc(F)c(Cl)c1. The Morgan fingerprint density at radius 1 is 1.22 bits per heavy atom. The van der Waals surface area contributed by atoms with Crippen molar-refractivity contribution in [3.8, 4) is 0 Å². The van der Waals surface area contributed by atoms with Gasteiger partial charge in [0.25, 0.3) is 0 Å². The fourth-order valence-corrected chi connectivity index (χ4v) is 1.93. The molecule has 1 N–H and O–H groups in total. The summed E-state index contributed by atoms with van der Waals surface area (Å²) in [5.74, 6) is 0.240. The Morgan fingerprint density at radius 3 is 2.67 bits per heavy atom. The molecule has 0 radical (unpaired) electrons. The van der Waals surface area contributed by atoms with Crippen LogP contribution in [0.5, 0.6) is 0 Å². The second-order valence-corrected chi connectivity index (χ2v) is 4.68. The molecule has 1 aromatic carbocycles. The third kappa shape index (κ3) is 3.12. The molecule has 2 nitrogen and oxygen atoms in total. The fourth-order valence-electron chi connectivity index (χ4n) is 1.58. The summed E-state index contributed by atoms with van der Waals surface area (Å²) in [6.07, 6.45) is 0. The Labute approximate surface area is 115 Å². The number of nitrogens with zero attached hydrogens (tertiary/aromatic N) is 1. The lowest BCUT2D eigenvalue weighted by atomic mass is 10.1. The van der Waals surface area contributed by atoms with Gasteiger partial charge in [-0.3, -0.25) is 0 Å². The molecule has 2 aromatic rings. The van der Waals surface area contributed by atoms with E-state index >= 15 is 0 Å². The van der Waals surface area contributed by atoms with Gasteiger partial charge in [-0.2, -0.15) is 0 Å². The van der Waals surface area contributed by atoms with Crippen LogP contribution in [0.25, 0.3) is 0 Å². The zero-order valence-corrected chi connectivity index (χ0v) is 11.1. The Balaban J connectivity index is 2.16. The first kappa shape index (κ1) is 13.1. The number of aromatic nitrogens is 1. The molecule has 0 bridgehead atoms. The molecule has 2 rings (SSSR count). The van der Waals surface area contributed by atoms with Crippen LogP contribution in [-0.4, -0.2) is 4.98 Å². The van der Waals surface area contributed by atoms with Crippen LogP contribution in [0.4, 0.5) is 10.2 Å². The Morgan fingerprint density at radius 2 is 2.00 bits per heavy atom. The van der Waals surface area contributed by atoms with Crippen LogP contribution < -0.4 is 5.32 Å². The summed E-state index contributed by atoms with van der Waals surface area (Å²) in [4.78, 5) is 4.13. The lowest BCUT2D eigenvalue weighted by molar-refractivity contribution is 0.627. The normalized spacial score (nSPS) is 12.2. The summed E-state index contributed by atoms with van der Waals surface area (Å²) in [5, 5.41) is 3.70. The summed E-state index contributed by atoms with van der Waals surface area (Å²) < 4.78 is 13.1. The van der Waals surface area contributed by atoms with Crippen LogP contribution in [0.1, 0.15) is 18.5 Å². The molecule has 0 saturated carbocycles. The van der Waals surface area contributed by atoms with Gasteiger partial charge < -0.3 is 5.32 Å². The van der Waals surface area contributed by atoms with E-state index in [2.05, 4.69) is 10.3 Å². The zero-order chi connectivity index (χ0) is 13.1. The highest BCUT2D eigenvalue weighted by atomic mass is 35.5.